The quantitative estimate of drug-likeness (QED) is 0.281. The molecule has 1 atom stereocenters. The van der Waals surface area contributed by atoms with Gasteiger partial charge >= 0.3 is 0 Å². The molecule has 1 aliphatic rings. The number of benzene rings is 1. The summed E-state index contributed by atoms with van der Waals surface area (Å²) in [6.45, 7) is 6.58. The molecule has 3 aromatic heterocycles. The molecule has 1 unspecified atom stereocenters. The van der Waals surface area contributed by atoms with Gasteiger partial charge in [-0.1, -0.05) is 52.1 Å². The second-order valence-corrected chi connectivity index (χ2v) is 9.30. The third kappa shape index (κ3) is 4.10. The topological polar surface area (TPSA) is 65.5 Å². The highest BCUT2D eigenvalue weighted by atomic mass is 35.5. The fraction of sp³-hybridized carbons (Fsp3) is 0.261. The average molecular weight is 490 g/mol. The molecule has 5 rings (SSSR count). The monoisotopic (exact) mass is 488 g/mol. The minimum absolute atomic E-state index is 0.241. The molecular formula is C23H19Cl3N4O2. The number of halogens is 3. The molecular weight excluding hydrogens is 471 g/mol. The summed E-state index contributed by atoms with van der Waals surface area (Å²) in [5.74, 6) is 1.55. The van der Waals surface area contributed by atoms with Gasteiger partial charge in [-0.3, -0.25) is 0 Å². The smallest absolute Gasteiger partial charge is 0.259 e. The van der Waals surface area contributed by atoms with Crippen molar-refractivity contribution in [3.63, 3.8) is 0 Å². The molecule has 0 saturated heterocycles. The van der Waals surface area contributed by atoms with Crippen LogP contribution in [-0.2, 0) is 0 Å². The summed E-state index contributed by atoms with van der Waals surface area (Å²) in [4.78, 5) is 8.97. The van der Waals surface area contributed by atoms with Gasteiger partial charge in [0.05, 0.1) is 27.2 Å². The number of hydrogen-bond acceptors (Lipinski definition) is 5. The minimum Gasteiger partial charge on any atom is -0.492 e. The molecule has 0 spiro atoms. The Hall–Kier alpha value is -2.54. The molecule has 3 heterocycles. The van der Waals surface area contributed by atoms with Gasteiger partial charge < -0.3 is 13.7 Å². The Morgan fingerprint density at radius 2 is 1.97 bits per heavy atom. The Morgan fingerprint density at radius 3 is 2.75 bits per heavy atom. The fourth-order valence-electron chi connectivity index (χ4n) is 3.91. The molecule has 0 radical (unpaired) electrons. The van der Waals surface area contributed by atoms with E-state index in [2.05, 4.69) is 21.7 Å². The van der Waals surface area contributed by atoms with Gasteiger partial charge in [0.15, 0.2) is 5.65 Å². The molecule has 1 aliphatic carbocycles. The van der Waals surface area contributed by atoms with E-state index in [9.17, 15) is 0 Å². The van der Waals surface area contributed by atoms with Gasteiger partial charge in [-0.05, 0) is 49.8 Å². The van der Waals surface area contributed by atoms with Crippen molar-refractivity contribution < 1.29 is 9.26 Å². The minimum atomic E-state index is 0.241. The van der Waals surface area contributed by atoms with Crippen LogP contribution in [0.3, 0.4) is 0 Å². The molecule has 6 nitrogen and oxygen atoms in total. The number of pyridine rings is 1. The van der Waals surface area contributed by atoms with Gasteiger partial charge in [0.1, 0.15) is 11.4 Å². The standard InChI is InChI=1S/C23H19Cl3N4O2/c1-12-3-4-14(5-12)11-31-20-8-16(24)15(7-17(20)25)23-28-21(29-32-23)19-10-30-9-13(2)6-18(26)22(30)27-19/h6-10,14H,1,3-5,11H2,2H3. The van der Waals surface area contributed by atoms with Crippen LogP contribution in [0.2, 0.25) is 15.1 Å². The number of ether oxygens (including phenoxy) is 1. The maximum Gasteiger partial charge on any atom is 0.259 e. The predicted octanol–water partition coefficient (Wildman–Crippen LogP) is 7.06. The molecule has 0 aliphatic heterocycles. The zero-order valence-corrected chi connectivity index (χ0v) is 19.5. The molecule has 1 fully saturated rings. The zero-order chi connectivity index (χ0) is 22.4. The normalized spacial score (nSPS) is 16.2. The number of rotatable bonds is 5. The van der Waals surface area contributed by atoms with Crippen molar-refractivity contribution in [2.45, 2.75) is 26.2 Å². The molecule has 1 saturated carbocycles. The number of aromatic nitrogens is 4. The van der Waals surface area contributed by atoms with E-state index in [0.717, 1.165) is 24.8 Å². The second kappa shape index (κ2) is 8.43. The van der Waals surface area contributed by atoms with Crippen LogP contribution in [0.15, 0.2) is 47.3 Å². The highest BCUT2D eigenvalue weighted by Gasteiger charge is 2.21. The average Bonchev–Trinajstić information content (AvgIpc) is 3.47. The van der Waals surface area contributed by atoms with Crippen molar-refractivity contribution in [2.24, 2.45) is 5.92 Å². The number of fused-ring (bicyclic) bond motifs is 1. The lowest BCUT2D eigenvalue weighted by atomic mass is 10.1. The van der Waals surface area contributed by atoms with Gasteiger partial charge in [0, 0.05) is 18.5 Å². The predicted molar refractivity (Wildman–Crippen MR) is 126 cm³/mol. The van der Waals surface area contributed by atoms with Crippen LogP contribution >= 0.6 is 34.8 Å². The maximum atomic E-state index is 6.49. The zero-order valence-electron chi connectivity index (χ0n) is 17.2. The largest absolute Gasteiger partial charge is 0.492 e. The summed E-state index contributed by atoms with van der Waals surface area (Å²) in [5, 5.41) is 5.43. The number of aryl methyl sites for hydroxylation is 1. The second-order valence-electron chi connectivity index (χ2n) is 8.08. The summed E-state index contributed by atoms with van der Waals surface area (Å²) in [7, 11) is 0. The van der Waals surface area contributed by atoms with Crippen LogP contribution < -0.4 is 4.74 Å². The van der Waals surface area contributed by atoms with Crippen molar-refractivity contribution >= 4 is 40.4 Å². The lowest BCUT2D eigenvalue weighted by Crippen LogP contribution is -2.08. The van der Waals surface area contributed by atoms with E-state index in [1.54, 1.807) is 18.3 Å². The third-order valence-electron chi connectivity index (χ3n) is 5.51. The van der Waals surface area contributed by atoms with Gasteiger partial charge in [0.25, 0.3) is 5.89 Å². The van der Waals surface area contributed by atoms with Crippen LogP contribution in [0.4, 0.5) is 0 Å². The molecule has 1 aromatic carbocycles. The van der Waals surface area contributed by atoms with Crippen LogP contribution in [0, 0.1) is 12.8 Å². The molecule has 164 valence electrons. The van der Waals surface area contributed by atoms with Gasteiger partial charge in [0.2, 0.25) is 5.82 Å². The van der Waals surface area contributed by atoms with Gasteiger partial charge in [-0.25, -0.2) is 4.98 Å². The first kappa shape index (κ1) is 21.3. The van der Waals surface area contributed by atoms with Gasteiger partial charge in [-0.2, -0.15) is 4.98 Å². The summed E-state index contributed by atoms with van der Waals surface area (Å²) in [6.07, 6.45) is 6.85. The van der Waals surface area contributed by atoms with Crippen molar-refractivity contribution in [1.82, 2.24) is 19.5 Å². The van der Waals surface area contributed by atoms with E-state index < -0.39 is 0 Å². The number of nitrogens with zero attached hydrogens (tertiary/aromatic N) is 4. The van der Waals surface area contributed by atoms with E-state index in [0.29, 0.717) is 56.1 Å². The Balaban J connectivity index is 1.39. The number of hydrogen-bond donors (Lipinski definition) is 0. The number of imidazole rings is 1. The Kier molecular flexibility index (Phi) is 5.61. The number of allylic oxidation sites excluding steroid dienone is 1. The Morgan fingerprint density at radius 1 is 1.12 bits per heavy atom. The summed E-state index contributed by atoms with van der Waals surface area (Å²) in [5.41, 5.74) is 3.96. The highest BCUT2D eigenvalue weighted by Crippen LogP contribution is 2.38. The molecule has 0 bridgehead atoms. The Labute approximate surface area is 199 Å². The van der Waals surface area contributed by atoms with Crippen LogP contribution in [-0.4, -0.2) is 26.1 Å². The van der Waals surface area contributed by atoms with Crippen molar-refractivity contribution in [2.75, 3.05) is 6.61 Å². The molecule has 0 amide bonds. The third-order valence-corrected chi connectivity index (χ3v) is 6.39. The fourth-order valence-corrected chi connectivity index (χ4v) is 4.67. The van der Waals surface area contributed by atoms with Crippen LogP contribution in [0.5, 0.6) is 5.75 Å². The van der Waals surface area contributed by atoms with E-state index in [1.165, 1.54) is 5.57 Å². The molecule has 9 heteroatoms. The van der Waals surface area contributed by atoms with E-state index in [1.807, 2.05) is 23.6 Å². The van der Waals surface area contributed by atoms with Crippen LogP contribution in [0.25, 0.3) is 28.6 Å². The van der Waals surface area contributed by atoms with Crippen LogP contribution in [0.1, 0.15) is 24.8 Å². The first-order valence-electron chi connectivity index (χ1n) is 10.1. The summed E-state index contributed by atoms with van der Waals surface area (Å²) in [6, 6.07) is 5.21. The molecule has 4 aromatic rings. The maximum absolute atomic E-state index is 6.49. The van der Waals surface area contributed by atoms with Gasteiger partial charge in [-0.15, -0.1) is 0 Å². The van der Waals surface area contributed by atoms with Crippen molar-refractivity contribution in [3.05, 3.63) is 63.4 Å². The first-order chi connectivity index (χ1) is 15.4. The Bertz CT molecular complexity index is 1340. The lowest BCUT2D eigenvalue weighted by molar-refractivity contribution is 0.254. The van der Waals surface area contributed by atoms with E-state index >= 15 is 0 Å². The molecule has 0 N–H and O–H groups in total. The highest BCUT2D eigenvalue weighted by molar-refractivity contribution is 6.36. The van der Waals surface area contributed by atoms with E-state index in [-0.39, 0.29) is 5.89 Å². The summed E-state index contributed by atoms with van der Waals surface area (Å²) >= 11 is 19.2. The van der Waals surface area contributed by atoms with Crippen molar-refractivity contribution in [3.8, 4) is 28.7 Å². The SMILES string of the molecule is C=C1CCC(COc2cc(Cl)c(-c3nc(-c4cn5cc(C)cc(Cl)c5n4)no3)cc2Cl)C1. The van der Waals surface area contributed by atoms with E-state index in [4.69, 9.17) is 44.1 Å². The summed E-state index contributed by atoms with van der Waals surface area (Å²) < 4.78 is 13.2. The lowest BCUT2D eigenvalue weighted by Gasteiger charge is -2.13. The first-order valence-corrected chi connectivity index (χ1v) is 11.3. The van der Waals surface area contributed by atoms with Crippen molar-refractivity contribution in [1.29, 1.82) is 0 Å². The molecule has 32 heavy (non-hydrogen) atoms.